The number of anilines is 2. The molecule has 6 heteroatoms. The number of methoxy groups -OCH3 is 1. The Labute approximate surface area is 169 Å². The van der Waals surface area contributed by atoms with Gasteiger partial charge in [-0.3, -0.25) is 0 Å². The summed E-state index contributed by atoms with van der Waals surface area (Å²) >= 11 is 13.1. The van der Waals surface area contributed by atoms with Crippen LogP contribution >= 0.6 is 23.2 Å². The number of aromatic nitrogens is 2. The number of benzene rings is 2. The van der Waals surface area contributed by atoms with Crippen molar-refractivity contribution >= 4 is 45.9 Å². The lowest BCUT2D eigenvalue weighted by molar-refractivity contribution is 0.415. The molecule has 1 aliphatic rings. The van der Waals surface area contributed by atoms with Crippen molar-refractivity contribution in [3.8, 4) is 5.75 Å². The molecule has 1 aromatic heterocycles. The maximum Gasteiger partial charge on any atom is 0.211 e. The van der Waals surface area contributed by atoms with Gasteiger partial charge in [0.05, 0.1) is 28.4 Å². The molecule has 2 heterocycles. The number of aryl methyl sites for hydroxylation is 2. The molecule has 0 radical (unpaired) electrons. The van der Waals surface area contributed by atoms with Gasteiger partial charge in [-0.2, -0.15) is 0 Å². The Bertz CT molecular complexity index is 983. The molecule has 0 spiro atoms. The molecule has 142 valence electrons. The second kappa shape index (κ2) is 7.61. The fourth-order valence-electron chi connectivity index (χ4n) is 3.86. The molecule has 4 rings (SSSR count). The Morgan fingerprint density at radius 3 is 2.63 bits per heavy atom. The van der Waals surface area contributed by atoms with Crippen LogP contribution < -0.4 is 9.64 Å². The molecular formula is C21H23Cl2N3O. The second-order valence-electron chi connectivity index (χ2n) is 6.89. The van der Waals surface area contributed by atoms with Crippen molar-refractivity contribution in [1.29, 1.82) is 0 Å². The van der Waals surface area contributed by atoms with Crippen LogP contribution in [0.3, 0.4) is 0 Å². The molecule has 0 fully saturated rings. The van der Waals surface area contributed by atoms with Gasteiger partial charge in [0.15, 0.2) is 0 Å². The summed E-state index contributed by atoms with van der Waals surface area (Å²) in [5, 5.41) is 1.36. The Kier molecular flexibility index (Phi) is 5.20. The summed E-state index contributed by atoms with van der Waals surface area (Å²) in [4.78, 5) is 7.17. The SMILES string of the molecule is CCCc1ccc(Cl)c2nc3n(c12)CCCCN3c1ccc(OC)cc1Cl. The van der Waals surface area contributed by atoms with Gasteiger partial charge in [-0.25, -0.2) is 4.98 Å². The van der Waals surface area contributed by atoms with Crippen molar-refractivity contribution in [1.82, 2.24) is 9.55 Å². The van der Waals surface area contributed by atoms with E-state index in [0.717, 1.165) is 67.2 Å². The number of ether oxygens (including phenoxy) is 1. The van der Waals surface area contributed by atoms with Gasteiger partial charge < -0.3 is 14.2 Å². The van der Waals surface area contributed by atoms with Crippen molar-refractivity contribution in [2.45, 2.75) is 39.2 Å². The minimum Gasteiger partial charge on any atom is -0.497 e. The molecule has 3 aromatic rings. The maximum absolute atomic E-state index is 6.59. The lowest BCUT2D eigenvalue weighted by atomic mass is 10.1. The van der Waals surface area contributed by atoms with E-state index in [0.29, 0.717) is 10.0 Å². The Morgan fingerprint density at radius 1 is 1.07 bits per heavy atom. The first kappa shape index (κ1) is 18.5. The van der Waals surface area contributed by atoms with E-state index in [1.54, 1.807) is 7.11 Å². The summed E-state index contributed by atoms with van der Waals surface area (Å²) in [5.41, 5.74) is 4.30. The lowest BCUT2D eigenvalue weighted by Crippen LogP contribution is -2.20. The van der Waals surface area contributed by atoms with Gasteiger partial charge in [0.2, 0.25) is 5.95 Å². The average Bonchev–Trinajstić information content (AvgIpc) is 2.93. The molecule has 0 saturated carbocycles. The maximum atomic E-state index is 6.59. The van der Waals surface area contributed by atoms with Crippen LogP contribution in [0.5, 0.6) is 5.75 Å². The van der Waals surface area contributed by atoms with E-state index in [1.165, 1.54) is 5.56 Å². The molecule has 1 aliphatic heterocycles. The first-order valence-corrected chi connectivity index (χ1v) is 10.2. The number of fused-ring (bicyclic) bond motifs is 3. The molecule has 0 bridgehead atoms. The number of hydrogen-bond donors (Lipinski definition) is 0. The lowest BCUT2D eigenvalue weighted by Gasteiger charge is -2.23. The van der Waals surface area contributed by atoms with E-state index in [2.05, 4.69) is 22.5 Å². The van der Waals surface area contributed by atoms with Crippen LogP contribution in [0.1, 0.15) is 31.7 Å². The molecule has 0 saturated heterocycles. The minimum atomic E-state index is 0.662. The fourth-order valence-corrected chi connectivity index (χ4v) is 4.32. The van der Waals surface area contributed by atoms with Gasteiger partial charge in [0.25, 0.3) is 0 Å². The zero-order valence-electron chi connectivity index (χ0n) is 15.6. The molecule has 27 heavy (non-hydrogen) atoms. The van der Waals surface area contributed by atoms with Gasteiger partial charge >= 0.3 is 0 Å². The highest BCUT2D eigenvalue weighted by molar-refractivity contribution is 6.35. The monoisotopic (exact) mass is 403 g/mol. The van der Waals surface area contributed by atoms with Crippen LogP contribution in [0, 0.1) is 0 Å². The summed E-state index contributed by atoms with van der Waals surface area (Å²) in [5.74, 6) is 1.67. The van der Waals surface area contributed by atoms with Crippen LogP contribution in [0.25, 0.3) is 11.0 Å². The van der Waals surface area contributed by atoms with Crippen LogP contribution in [0.2, 0.25) is 10.0 Å². The number of hydrogen-bond acceptors (Lipinski definition) is 3. The van der Waals surface area contributed by atoms with Gasteiger partial charge in [-0.05, 0) is 43.0 Å². The third-order valence-corrected chi connectivity index (χ3v) is 5.74. The summed E-state index contributed by atoms with van der Waals surface area (Å²) in [6.45, 7) is 4.01. The predicted molar refractivity (Wildman–Crippen MR) is 113 cm³/mol. The number of nitrogens with zero attached hydrogens (tertiary/aromatic N) is 3. The van der Waals surface area contributed by atoms with Crippen molar-refractivity contribution in [2.75, 3.05) is 18.6 Å². The van der Waals surface area contributed by atoms with Crippen LogP contribution in [0.15, 0.2) is 30.3 Å². The summed E-state index contributed by atoms with van der Waals surface area (Å²) < 4.78 is 7.62. The van der Waals surface area contributed by atoms with Crippen molar-refractivity contribution in [2.24, 2.45) is 0 Å². The van der Waals surface area contributed by atoms with Crippen LogP contribution in [-0.4, -0.2) is 23.2 Å². The highest BCUT2D eigenvalue weighted by Gasteiger charge is 2.25. The predicted octanol–water partition coefficient (Wildman–Crippen LogP) is 6.24. The molecule has 0 atom stereocenters. The van der Waals surface area contributed by atoms with E-state index in [-0.39, 0.29) is 0 Å². The van der Waals surface area contributed by atoms with Crippen molar-refractivity contribution in [3.63, 3.8) is 0 Å². The van der Waals surface area contributed by atoms with Crippen molar-refractivity contribution in [3.05, 3.63) is 45.9 Å². The molecule has 0 amide bonds. The number of imidazole rings is 1. The summed E-state index contributed by atoms with van der Waals surface area (Å²) in [6, 6.07) is 9.90. The summed E-state index contributed by atoms with van der Waals surface area (Å²) in [6.07, 6.45) is 4.28. The number of rotatable bonds is 4. The molecule has 0 unspecified atom stereocenters. The zero-order chi connectivity index (χ0) is 19.0. The third-order valence-electron chi connectivity index (χ3n) is 5.13. The second-order valence-corrected chi connectivity index (χ2v) is 7.71. The van der Waals surface area contributed by atoms with E-state index in [1.807, 2.05) is 24.3 Å². The highest BCUT2D eigenvalue weighted by Crippen LogP contribution is 2.39. The van der Waals surface area contributed by atoms with Crippen LogP contribution in [-0.2, 0) is 13.0 Å². The van der Waals surface area contributed by atoms with Gasteiger partial charge in [-0.15, -0.1) is 0 Å². The first-order chi connectivity index (χ1) is 13.1. The third kappa shape index (κ3) is 3.26. The molecule has 4 nitrogen and oxygen atoms in total. The van der Waals surface area contributed by atoms with Gasteiger partial charge in [0.1, 0.15) is 11.3 Å². The van der Waals surface area contributed by atoms with E-state index in [9.17, 15) is 0 Å². The van der Waals surface area contributed by atoms with Gasteiger partial charge in [-0.1, -0.05) is 42.6 Å². The molecule has 0 N–H and O–H groups in total. The largest absolute Gasteiger partial charge is 0.497 e. The fraction of sp³-hybridized carbons (Fsp3) is 0.381. The van der Waals surface area contributed by atoms with E-state index >= 15 is 0 Å². The smallest absolute Gasteiger partial charge is 0.211 e. The van der Waals surface area contributed by atoms with E-state index in [4.69, 9.17) is 32.9 Å². The minimum absolute atomic E-state index is 0.662. The molecule has 0 aliphatic carbocycles. The Hall–Kier alpha value is -1.91. The average molecular weight is 404 g/mol. The Balaban J connectivity index is 1.91. The number of halogens is 2. The van der Waals surface area contributed by atoms with Crippen molar-refractivity contribution < 1.29 is 4.74 Å². The molecule has 2 aromatic carbocycles. The highest BCUT2D eigenvalue weighted by atomic mass is 35.5. The zero-order valence-corrected chi connectivity index (χ0v) is 17.1. The Morgan fingerprint density at radius 2 is 1.89 bits per heavy atom. The standard InChI is InChI=1S/C21H23Cl2N3O/c1-3-6-14-7-9-16(22)19-20(14)26-12-5-4-11-25(21(26)24-19)18-10-8-15(27-2)13-17(18)23/h7-10,13H,3-6,11-12H2,1-2H3. The first-order valence-electron chi connectivity index (χ1n) is 9.42. The van der Waals surface area contributed by atoms with Gasteiger partial charge in [0, 0.05) is 19.2 Å². The quantitative estimate of drug-likeness (QED) is 0.516. The normalized spacial score (nSPS) is 14.3. The topological polar surface area (TPSA) is 30.3 Å². The van der Waals surface area contributed by atoms with Crippen LogP contribution in [0.4, 0.5) is 11.6 Å². The van der Waals surface area contributed by atoms with E-state index < -0.39 is 0 Å². The summed E-state index contributed by atoms with van der Waals surface area (Å²) in [7, 11) is 1.65. The molecular weight excluding hydrogens is 381 g/mol.